The number of carbonyl (C=O) groups excluding carboxylic acids is 2. The fraction of sp³-hybridized carbons (Fsp3) is 0.833. The van der Waals surface area contributed by atoms with Crippen molar-refractivity contribution in [2.24, 2.45) is 0 Å². The highest BCUT2D eigenvalue weighted by molar-refractivity contribution is 5.93. The Bertz CT molecular complexity index is 359. The Morgan fingerprint density at radius 3 is 2.17 bits per heavy atom. The van der Waals surface area contributed by atoms with Crippen LogP contribution in [0, 0.1) is 0 Å². The predicted octanol–water partition coefficient (Wildman–Crippen LogP) is 1.45. The Morgan fingerprint density at radius 2 is 1.50 bits per heavy atom. The summed E-state index contributed by atoms with van der Waals surface area (Å²) in [5, 5.41) is 3.28. The number of urea groups is 2. The minimum absolute atomic E-state index is 0.0680. The average molecular weight is 253 g/mol. The van der Waals surface area contributed by atoms with Gasteiger partial charge in [-0.15, -0.1) is 9.60 Å². The smallest absolute Gasteiger partial charge is 0.241 e. The largest absolute Gasteiger partial charge is 0.467 e. The lowest BCUT2D eigenvalue weighted by Gasteiger charge is -2.34. The standard InChI is InChI=1S/C12H20N4O2/c17-11-13-16(9-5-2-6-10-16)12(18)15(11)14-7-3-1-4-8-14/h1-10H2/p+1. The highest BCUT2D eigenvalue weighted by Gasteiger charge is 2.55. The average Bonchev–Trinajstić information content (AvgIpc) is 2.63. The molecule has 0 aromatic heterocycles. The molecule has 0 unspecified atom stereocenters. The van der Waals surface area contributed by atoms with Crippen molar-refractivity contribution in [2.45, 2.75) is 38.5 Å². The van der Waals surface area contributed by atoms with Gasteiger partial charge in [0.2, 0.25) is 0 Å². The second-order valence-corrected chi connectivity index (χ2v) is 5.50. The number of rotatable bonds is 1. The Hall–Kier alpha value is -1.14. The van der Waals surface area contributed by atoms with Gasteiger partial charge in [-0.2, -0.15) is 5.43 Å². The molecule has 0 aliphatic carbocycles. The number of quaternary nitrogens is 1. The van der Waals surface area contributed by atoms with E-state index in [1.807, 2.05) is 5.01 Å². The monoisotopic (exact) mass is 253 g/mol. The van der Waals surface area contributed by atoms with E-state index in [1.165, 1.54) is 11.4 Å². The topological polar surface area (TPSA) is 52.7 Å². The quantitative estimate of drug-likeness (QED) is 0.720. The molecule has 1 spiro atoms. The number of piperidine rings is 2. The van der Waals surface area contributed by atoms with Gasteiger partial charge in [0, 0.05) is 13.1 Å². The molecule has 3 aliphatic heterocycles. The minimum atomic E-state index is -0.233. The van der Waals surface area contributed by atoms with Crippen LogP contribution in [0.4, 0.5) is 9.59 Å². The number of hydrogen-bond acceptors (Lipinski definition) is 3. The van der Waals surface area contributed by atoms with Crippen LogP contribution in [0.5, 0.6) is 0 Å². The molecule has 3 saturated heterocycles. The van der Waals surface area contributed by atoms with E-state index in [4.69, 9.17) is 0 Å². The van der Waals surface area contributed by atoms with Gasteiger partial charge < -0.3 is 0 Å². The van der Waals surface area contributed by atoms with E-state index >= 15 is 0 Å². The van der Waals surface area contributed by atoms with E-state index in [-0.39, 0.29) is 16.7 Å². The zero-order valence-electron chi connectivity index (χ0n) is 10.7. The van der Waals surface area contributed by atoms with Crippen LogP contribution in [0.2, 0.25) is 0 Å². The van der Waals surface area contributed by atoms with Crippen molar-refractivity contribution in [1.29, 1.82) is 0 Å². The molecule has 0 aromatic carbocycles. The van der Waals surface area contributed by atoms with Gasteiger partial charge in [0.15, 0.2) is 0 Å². The highest BCUT2D eigenvalue weighted by atomic mass is 16.3. The molecule has 3 fully saturated rings. The summed E-state index contributed by atoms with van der Waals surface area (Å²) in [6.45, 7) is 3.13. The first kappa shape index (κ1) is 11.9. The van der Waals surface area contributed by atoms with E-state index < -0.39 is 0 Å². The Morgan fingerprint density at radius 1 is 0.889 bits per heavy atom. The summed E-state index contributed by atoms with van der Waals surface area (Å²) < 4.78 is 0.148. The molecule has 3 aliphatic rings. The first-order valence-electron chi connectivity index (χ1n) is 7.02. The summed E-state index contributed by atoms with van der Waals surface area (Å²) in [5.74, 6) is 0. The molecule has 6 nitrogen and oxygen atoms in total. The third kappa shape index (κ3) is 1.80. The van der Waals surface area contributed by atoms with Crippen LogP contribution in [0.1, 0.15) is 38.5 Å². The van der Waals surface area contributed by atoms with E-state index in [2.05, 4.69) is 5.43 Å². The summed E-state index contributed by atoms with van der Waals surface area (Å²) in [6.07, 6.45) is 6.51. The molecule has 0 saturated carbocycles. The number of hydrogen-bond donors (Lipinski definition) is 1. The van der Waals surface area contributed by atoms with E-state index in [9.17, 15) is 9.59 Å². The molecule has 6 heteroatoms. The van der Waals surface area contributed by atoms with Crippen LogP contribution in [0.15, 0.2) is 0 Å². The second kappa shape index (κ2) is 4.51. The van der Waals surface area contributed by atoms with Crippen LogP contribution in [-0.4, -0.2) is 52.9 Å². The van der Waals surface area contributed by atoms with Gasteiger partial charge in [0.25, 0.3) is 0 Å². The minimum Gasteiger partial charge on any atom is -0.241 e. The summed E-state index contributed by atoms with van der Waals surface area (Å²) in [5.41, 5.74) is 2.90. The van der Waals surface area contributed by atoms with Gasteiger partial charge in [0.05, 0.1) is 0 Å². The highest BCUT2D eigenvalue weighted by Crippen LogP contribution is 2.26. The van der Waals surface area contributed by atoms with Crippen molar-refractivity contribution in [3.63, 3.8) is 0 Å². The van der Waals surface area contributed by atoms with Crippen molar-refractivity contribution >= 4 is 12.1 Å². The molecule has 3 heterocycles. The molecule has 0 aromatic rings. The van der Waals surface area contributed by atoms with Gasteiger partial charge in [-0.1, -0.05) is 6.42 Å². The van der Waals surface area contributed by atoms with Gasteiger partial charge in [0.1, 0.15) is 13.1 Å². The lowest BCUT2D eigenvalue weighted by Crippen LogP contribution is -2.60. The zero-order chi connectivity index (χ0) is 12.6. The molecule has 100 valence electrons. The third-order valence-electron chi connectivity index (χ3n) is 4.24. The summed E-state index contributed by atoms with van der Waals surface area (Å²) >= 11 is 0. The maximum absolute atomic E-state index is 12.6. The van der Waals surface area contributed by atoms with E-state index in [0.717, 1.165) is 58.3 Å². The molecule has 18 heavy (non-hydrogen) atoms. The molecule has 3 rings (SSSR count). The molecule has 0 bridgehead atoms. The van der Waals surface area contributed by atoms with Crippen LogP contribution in [0.25, 0.3) is 0 Å². The Balaban J connectivity index is 1.79. The van der Waals surface area contributed by atoms with Crippen molar-refractivity contribution in [3.05, 3.63) is 0 Å². The number of hydrazine groups is 1. The summed E-state index contributed by atoms with van der Waals surface area (Å²) in [7, 11) is 0. The second-order valence-electron chi connectivity index (χ2n) is 5.50. The van der Waals surface area contributed by atoms with Crippen molar-refractivity contribution in [2.75, 3.05) is 26.2 Å². The SMILES string of the molecule is O=C1N[N+]2(CCCCC2)C(=O)N1N1CCCCC1. The number of amides is 4. The van der Waals surface area contributed by atoms with Gasteiger partial charge in [-0.05, 0) is 32.1 Å². The molecular formula is C12H21N4O2+. The van der Waals surface area contributed by atoms with Crippen LogP contribution >= 0.6 is 0 Å². The molecule has 0 radical (unpaired) electrons. The normalized spacial score (nSPS) is 28.8. The van der Waals surface area contributed by atoms with Gasteiger partial charge in [-0.25, -0.2) is 14.6 Å². The van der Waals surface area contributed by atoms with Crippen LogP contribution in [0.3, 0.4) is 0 Å². The zero-order valence-corrected chi connectivity index (χ0v) is 10.7. The fourth-order valence-electron chi connectivity index (χ4n) is 3.23. The van der Waals surface area contributed by atoms with Gasteiger partial charge >= 0.3 is 12.1 Å². The Labute approximate surface area is 107 Å². The molecule has 1 N–H and O–H groups in total. The summed E-state index contributed by atoms with van der Waals surface area (Å²) in [4.78, 5) is 24.7. The summed E-state index contributed by atoms with van der Waals surface area (Å²) in [6, 6.07) is -0.301. The number of nitrogens with zero attached hydrogens (tertiary/aromatic N) is 3. The number of carbonyl (C=O) groups is 2. The maximum atomic E-state index is 12.6. The number of imide groups is 1. The van der Waals surface area contributed by atoms with E-state index in [0.29, 0.717) is 0 Å². The predicted molar refractivity (Wildman–Crippen MR) is 65.0 cm³/mol. The Kier molecular flexibility index (Phi) is 2.99. The first-order valence-corrected chi connectivity index (χ1v) is 7.02. The van der Waals surface area contributed by atoms with Crippen molar-refractivity contribution < 1.29 is 14.2 Å². The van der Waals surface area contributed by atoms with Crippen LogP contribution < -0.4 is 5.43 Å². The molecule has 0 atom stereocenters. The van der Waals surface area contributed by atoms with Crippen molar-refractivity contribution in [3.8, 4) is 0 Å². The lowest BCUT2D eigenvalue weighted by molar-refractivity contribution is -0.885. The van der Waals surface area contributed by atoms with E-state index in [1.54, 1.807) is 0 Å². The fourth-order valence-corrected chi connectivity index (χ4v) is 3.23. The van der Waals surface area contributed by atoms with Crippen LogP contribution in [-0.2, 0) is 0 Å². The van der Waals surface area contributed by atoms with Crippen molar-refractivity contribution in [1.82, 2.24) is 15.4 Å². The lowest BCUT2D eigenvalue weighted by atomic mass is 10.1. The molecular weight excluding hydrogens is 232 g/mol. The molecule has 4 amide bonds. The van der Waals surface area contributed by atoms with Gasteiger partial charge in [-0.3, -0.25) is 0 Å². The number of nitrogens with one attached hydrogen (secondary N) is 1. The first-order chi connectivity index (χ1) is 8.73. The third-order valence-corrected chi connectivity index (χ3v) is 4.24. The maximum Gasteiger partial charge on any atom is 0.467 e.